The van der Waals surface area contributed by atoms with E-state index in [1.165, 1.54) is 0 Å². The van der Waals surface area contributed by atoms with Crippen molar-refractivity contribution >= 4 is 23.6 Å². The van der Waals surface area contributed by atoms with Crippen molar-refractivity contribution in [1.82, 2.24) is 10.3 Å². The molecule has 0 fully saturated rings. The topological polar surface area (TPSA) is 71.1 Å². The van der Waals surface area contributed by atoms with Crippen molar-refractivity contribution in [3.8, 4) is 0 Å². The highest BCUT2D eigenvalue weighted by Crippen LogP contribution is 2.13. The summed E-state index contributed by atoms with van der Waals surface area (Å²) in [7, 11) is 0. The van der Waals surface area contributed by atoms with Crippen LogP contribution in [-0.2, 0) is 4.79 Å². The molecule has 0 spiro atoms. The molecule has 3 aromatic rings. The monoisotopic (exact) mass is 371 g/mol. The van der Waals surface area contributed by atoms with Gasteiger partial charge >= 0.3 is 0 Å². The van der Waals surface area contributed by atoms with E-state index in [4.69, 9.17) is 0 Å². The summed E-state index contributed by atoms with van der Waals surface area (Å²) in [6, 6.07) is 18.2. The van der Waals surface area contributed by atoms with Crippen molar-refractivity contribution in [2.24, 2.45) is 0 Å². The fraction of sp³-hybridized carbons (Fsp3) is 0.0870. The Hall–Kier alpha value is -3.73. The van der Waals surface area contributed by atoms with E-state index < -0.39 is 5.91 Å². The Morgan fingerprint density at radius 3 is 2.39 bits per heavy atom. The molecule has 2 amide bonds. The summed E-state index contributed by atoms with van der Waals surface area (Å²) in [5, 5.41) is 5.54. The number of aromatic nitrogens is 1. The Labute approximate surface area is 164 Å². The maximum absolute atomic E-state index is 12.8. The van der Waals surface area contributed by atoms with Crippen LogP contribution in [-0.4, -0.2) is 16.8 Å². The number of nitrogens with zero attached hydrogens (tertiary/aromatic N) is 1. The second kappa shape index (κ2) is 8.77. The predicted octanol–water partition coefficient (Wildman–Crippen LogP) is 4.11. The van der Waals surface area contributed by atoms with E-state index >= 15 is 0 Å². The molecular formula is C23H21N3O2. The molecule has 28 heavy (non-hydrogen) atoms. The van der Waals surface area contributed by atoms with Gasteiger partial charge in [-0.2, -0.15) is 0 Å². The lowest BCUT2D eigenvalue weighted by molar-refractivity contribution is -0.113. The lowest BCUT2D eigenvalue weighted by Crippen LogP contribution is -2.30. The Morgan fingerprint density at radius 2 is 1.71 bits per heavy atom. The smallest absolute Gasteiger partial charge is 0.272 e. The van der Waals surface area contributed by atoms with Crippen LogP contribution in [0.15, 0.2) is 78.8 Å². The second-order valence-electron chi connectivity index (χ2n) is 6.49. The standard InChI is InChI=1S/C23H21N3O2/c1-16-8-10-19(11-9-16)22(27)26-21(14-18-6-4-12-24-15-18)23(28)25-20-7-3-5-17(2)13-20/h3-15H,1-2H3,(H,25,28)(H,26,27)/b21-14+. The first kappa shape index (κ1) is 19.0. The van der Waals surface area contributed by atoms with Gasteiger partial charge in [0.25, 0.3) is 11.8 Å². The molecular weight excluding hydrogens is 350 g/mol. The van der Waals surface area contributed by atoms with Gasteiger partial charge in [-0.3, -0.25) is 14.6 Å². The largest absolute Gasteiger partial charge is 0.321 e. The van der Waals surface area contributed by atoms with Gasteiger partial charge in [-0.25, -0.2) is 0 Å². The summed E-state index contributed by atoms with van der Waals surface area (Å²) in [5.74, 6) is -0.760. The highest BCUT2D eigenvalue weighted by molar-refractivity contribution is 6.10. The molecule has 0 aliphatic carbocycles. The molecule has 1 aromatic heterocycles. The van der Waals surface area contributed by atoms with Crippen LogP contribution in [0.2, 0.25) is 0 Å². The SMILES string of the molecule is Cc1ccc(C(=O)N/C(=C/c2cccnc2)C(=O)Nc2cccc(C)c2)cc1. The number of hydrogen-bond donors (Lipinski definition) is 2. The van der Waals surface area contributed by atoms with Crippen molar-refractivity contribution in [2.75, 3.05) is 5.32 Å². The van der Waals surface area contributed by atoms with Crippen LogP contribution in [0, 0.1) is 13.8 Å². The first-order valence-corrected chi connectivity index (χ1v) is 8.89. The van der Waals surface area contributed by atoms with Gasteiger partial charge in [-0.1, -0.05) is 35.9 Å². The third-order valence-corrected chi connectivity index (χ3v) is 4.08. The van der Waals surface area contributed by atoms with E-state index in [0.29, 0.717) is 16.8 Å². The van der Waals surface area contributed by atoms with Crippen molar-refractivity contribution in [3.63, 3.8) is 0 Å². The van der Waals surface area contributed by atoms with Crippen LogP contribution < -0.4 is 10.6 Å². The molecule has 0 unspecified atom stereocenters. The maximum Gasteiger partial charge on any atom is 0.272 e. The molecule has 0 bridgehead atoms. The van der Waals surface area contributed by atoms with Crippen LogP contribution in [0.25, 0.3) is 6.08 Å². The molecule has 140 valence electrons. The Balaban J connectivity index is 1.86. The molecule has 5 nitrogen and oxygen atoms in total. The van der Waals surface area contributed by atoms with Gasteiger partial charge in [-0.15, -0.1) is 0 Å². The average molecular weight is 371 g/mol. The maximum atomic E-state index is 12.8. The first-order chi connectivity index (χ1) is 13.5. The molecule has 2 N–H and O–H groups in total. The minimum atomic E-state index is -0.407. The zero-order chi connectivity index (χ0) is 19.9. The van der Waals surface area contributed by atoms with E-state index in [1.807, 2.05) is 50.2 Å². The van der Waals surface area contributed by atoms with E-state index in [2.05, 4.69) is 15.6 Å². The Kier molecular flexibility index (Phi) is 5.97. The molecule has 0 atom stereocenters. The van der Waals surface area contributed by atoms with Gasteiger partial charge in [0.15, 0.2) is 0 Å². The first-order valence-electron chi connectivity index (χ1n) is 8.89. The summed E-state index contributed by atoms with van der Waals surface area (Å²) in [6.45, 7) is 3.89. The second-order valence-corrected chi connectivity index (χ2v) is 6.49. The summed E-state index contributed by atoms with van der Waals surface area (Å²) in [4.78, 5) is 29.5. The third-order valence-electron chi connectivity index (χ3n) is 4.08. The number of aryl methyl sites for hydroxylation is 2. The Bertz CT molecular complexity index is 1010. The number of benzene rings is 2. The molecule has 3 rings (SSSR count). The zero-order valence-corrected chi connectivity index (χ0v) is 15.8. The lowest BCUT2D eigenvalue weighted by atomic mass is 10.1. The number of amides is 2. The molecule has 1 heterocycles. The quantitative estimate of drug-likeness (QED) is 0.663. The minimum absolute atomic E-state index is 0.139. The normalized spacial score (nSPS) is 11.0. The van der Waals surface area contributed by atoms with Gasteiger partial charge in [0.1, 0.15) is 5.70 Å². The number of pyridine rings is 1. The van der Waals surface area contributed by atoms with Crippen molar-refractivity contribution in [3.05, 3.63) is 101 Å². The van der Waals surface area contributed by atoms with Crippen LogP contribution in [0.4, 0.5) is 5.69 Å². The third kappa shape index (κ3) is 5.14. The van der Waals surface area contributed by atoms with Gasteiger partial charge in [0.2, 0.25) is 0 Å². The van der Waals surface area contributed by atoms with E-state index in [1.54, 1.807) is 42.7 Å². The molecule has 0 saturated carbocycles. The lowest BCUT2D eigenvalue weighted by Gasteiger charge is -2.12. The van der Waals surface area contributed by atoms with Gasteiger partial charge in [0, 0.05) is 23.6 Å². The van der Waals surface area contributed by atoms with E-state index in [9.17, 15) is 9.59 Å². The van der Waals surface area contributed by atoms with Gasteiger partial charge < -0.3 is 10.6 Å². The molecule has 0 aliphatic rings. The molecule has 0 saturated heterocycles. The van der Waals surface area contributed by atoms with E-state index in [-0.39, 0.29) is 11.6 Å². The van der Waals surface area contributed by atoms with E-state index in [0.717, 1.165) is 11.1 Å². The number of rotatable bonds is 5. The van der Waals surface area contributed by atoms with Crippen LogP contribution in [0.1, 0.15) is 27.0 Å². The minimum Gasteiger partial charge on any atom is -0.321 e. The number of anilines is 1. The van der Waals surface area contributed by atoms with Crippen LogP contribution in [0.3, 0.4) is 0 Å². The van der Waals surface area contributed by atoms with Crippen molar-refractivity contribution < 1.29 is 9.59 Å². The molecule has 0 aliphatic heterocycles. The fourth-order valence-corrected chi connectivity index (χ4v) is 2.61. The van der Waals surface area contributed by atoms with Crippen molar-refractivity contribution in [2.45, 2.75) is 13.8 Å². The summed E-state index contributed by atoms with van der Waals surface area (Å²) >= 11 is 0. The predicted molar refractivity (Wildman–Crippen MR) is 111 cm³/mol. The summed E-state index contributed by atoms with van der Waals surface area (Å²) in [5.41, 5.74) is 4.07. The fourth-order valence-electron chi connectivity index (χ4n) is 2.61. The van der Waals surface area contributed by atoms with Crippen molar-refractivity contribution in [1.29, 1.82) is 0 Å². The molecule has 0 radical (unpaired) electrons. The number of carbonyl (C=O) groups is 2. The summed E-state index contributed by atoms with van der Waals surface area (Å²) < 4.78 is 0. The zero-order valence-electron chi connectivity index (χ0n) is 15.8. The number of nitrogens with one attached hydrogen (secondary N) is 2. The van der Waals surface area contributed by atoms with Gasteiger partial charge in [0.05, 0.1) is 0 Å². The average Bonchev–Trinajstić information content (AvgIpc) is 2.68. The highest BCUT2D eigenvalue weighted by Gasteiger charge is 2.15. The molecule has 5 heteroatoms. The van der Waals surface area contributed by atoms with Crippen LogP contribution >= 0.6 is 0 Å². The summed E-state index contributed by atoms with van der Waals surface area (Å²) in [6.07, 6.45) is 4.87. The Morgan fingerprint density at radius 1 is 0.929 bits per heavy atom. The number of hydrogen-bond acceptors (Lipinski definition) is 3. The van der Waals surface area contributed by atoms with Gasteiger partial charge in [-0.05, 0) is 61.4 Å². The van der Waals surface area contributed by atoms with Crippen LogP contribution in [0.5, 0.6) is 0 Å². The highest BCUT2D eigenvalue weighted by atomic mass is 16.2. The molecule has 2 aromatic carbocycles. The number of carbonyl (C=O) groups excluding carboxylic acids is 2.